The van der Waals surface area contributed by atoms with Crippen molar-refractivity contribution in [1.82, 2.24) is 9.55 Å². The van der Waals surface area contributed by atoms with Crippen LogP contribution in [0.1, 0.15) is 21.7 Å². The van der Waals surface area contributed by atoms with Crippen molar-refractivity contribution in [1.29, 1.82) is 0 Å². The smallest absolute Gasteiger partial charge is 0.406 e. The summed E-state index contributed by atoms with van der Waals surface area (Å²) < 4.78 is 20.6. The first-order valence-electron chi connectivity index (χ1n) is 8.08. The highest BCUT2D eigenvalue weighted by Gasteiger charge is 2.20. The molecule has 3 aromatic rings. The lowest BCUT2D eigenvalue weighted by Gasteiger charge is -2.10. The summed E-state index contributed by atoms with van der Waals surface area (Å²) >= 11 is 0. The molecule has 8 heteroatoms. The van der Waals surface area contributed by atoms with Crippen molar-refractivity contribution in [2.75, 3.05) is 6.61 Å². The fourth-order valence-corrected chi connectivity index (χ4v) is 2.91. The predicted octanol–water partition coefficient (Wildman–Crippen LogP) is 3.80. The molecule has 0 radical (unpaired) electrons. The van der Waals surface area contributed by atoms with E-state index in [1.54, 1.807) is 29.7 Å². The van der Waals surface area contributed by atoms with Gasteiger partial charge >= 0.3 is 5.82 Å². The number of carbonyl (C=O) groups is 1. The lowest BCUT2D eigenvalue weighted by Crippen LogP contribution is -2.13. The summed E-state index contributed by atoms with van der Waals surface area (Å²) in [5.74, 6) is -1.24. The minimum atomic E-state index is -0.671. The molecule has 27 heavy (non-hydrogen) atoms. The average molecular weight is 369 g/mol. The molecule has 1 aromatic carbocycles. The van der Waals surface area contributed by atoms with E-state index in [1.807, 2.05) is 6.92 Å². The molecule has 2 heterocycles. The third-order valence-electron chi connectivity index (χ3n) is 4.08. The first kappa shape index (κ1) is 18.2. The number of ether oxygens (including phenoxy) is 1. The van der Waals surface area contributed by atoms with Crippen LogP contribution < -0.4 is 4.74 Å². The largest absolute Gasteiger partial charge is 0.477 e. The molecular formula is C19H16FN3O4. The molecule has 7 nitrogen and oxygen atoms in total. The van der Waals surface area contributed by atoms with Crippen LogP contribution in [0.25, 0.3) is 5.69 Å². The summed E-state index contributed by atoms with van der Waals surface area (Å²) in [6.45, 7) is 3.18. The Morgan fingerprint density at radius 2 is 2.04 bits per heavy atom. The van der Waals surface area contributed by atoms with Crippen molar-refractivity contribution >= 4 is 11.6 Å². The number of hydrogen-bond acceptors (Lipinski definition) is 5. The van der Waals surface area contributed by atoms with E-state index in [9.17, 15) is 19.3 Å². The molecule has 138 valence electrons. The summed E-state index contributed by atoms with van der Waals surface area (Å²) in [6.07, 6.45) is 1.28. The molecule has 0 aliphatic rings. The number of pyridine rings is 1. The molecule has 3 rings (SSSR count). The van der Waals surface area contributed by atoms with E-state index in [0.717, 1.165) is 5.69 Å². The minimum absolute atomic E-state index is 0.0743. The quantitative estimate of drug-likeness (QED) is 0.375. The normalized spacial score (nSPS) is 10.6. The van der Waals surface area contributed by atoms with Crippen LogP contribution in [0.4, 0.5) is 10.2 Å². The van der Waals surface area contributed by atoms with Gasteiger partial charge in [0.1, 0.15) is 12.0 Å². The van der Waals surface area contributed by atoms with Crippen molar-refractivity contribution in [3.05, 3.63) is 81.5 Å². The van der Waals surface area contributed by atoms with Gasteiger partial charge in [-0.2, -0.15) is 0 Å². The van der Waals surface area contributed by atoms with Crippen LogP contribution in [-0.4, -0.2) is 26.9 Å². The Labute approximate surface area is 154 Å². The SMILES string of the molecule is Cc1cc(C(=O)COc2cccnc2[N+](=O)[O-])c(C)n1-c1cccc(F)c1. The number of Topliss-reactive ketones (excluding diaryl/α,β-unsaturated/α-hetero) is 1. The van der Waals surface area contributed by atoms with Crippen LogP contribution in [-0.2, 0) is 0 Å². The second-order valence-electron chi connectivity index (χ2n) is 5.89. The average Bonchev–Trinajstić information content (AvgIpc) is 2.94. The Bertz CT molecular complexity index is 1030. The zero-order chi connectivity index (χ0) is 19.6. The van der Waals surface area contributed by atoms with Gasteiger partial charge in [0.15, 0.2) is 6.61 Å². The molecule has 0 N–H and O–H groups in total. The van der Waals surface area contributed by atoms with Crippen molar-refractivity contribution < 1.29 is 18.8 Å². The molecule has 0 saturated carbocycles. The molecule has 2 aromatic heterocycles. The zero-order valence-electron chi connectivity index (χ0n) is 14.7. The van der Waals surface area contributed by atoms with Crippen LogP contribution in [0.15, 0.2) is 48.7 Å². The fourth-order valence-electron chi connectivity index (χ4n) is 2.91. The molecule has 0 aliphatic heterocycles. The maximum Gasteiger partial charge on any atom is 0.406 e. The van der Waals surface area contributed by atoms with E-state index in [-0.39, 0.29) is 24.0 Å². The maximum atomic E-state index is 13.5. The maximum absolute atomic E-state index is 13.5. The van der Waals surface area contributed by atoms with Gasteiger partial charge in [0, 0.05) is 22.6 Å². The van der Waals surface area contributed by atoms with Gasteiger partial charge in [0.25, 0.3) is 0 Å². The van der Waals surface area contributed by atoms with Gasteiger partial charge in [-0.25, -0.2) is 4.39 Å². The molecule has 0 saturated heterocycles. The van der Waals surface area contributed by atoms with Crippen LogP contribution in [0.3, 0.4) is 0 Å². The molecule has 0 fully saturated rings. The Morgan fingerprint density at radius 3 is 2.74 bits per heavy atom. The van der Waals surface area contributed by atoms with Crippen LogP contribution in [0.5, 0.6) is 5.75 Å². The van der Waals surface area contributed by atoms with Gasteiger partial charge in [-0.05, 0) is 60.2 Å². The van der Waals surface area contributed by atoms with E-state index < -0.39 is 10.7 Å². The first-order chi connectivity index (χ1) is 12.9. The van der Waals surface area contributed by atoms with Crippen molar-refractivity contribution in [2.45, 2.75) is 13.8 Å². The number of benzene rings is 1. The number of aryl methyl sites for hydroxylation is 1. The van der Waals surface area contributed by atoms with Crippen LogP contribution in [0.2, 0.25) is 0 Å². The number of hydrogen-bond donors (Lipinski definition) is 0. The number of carbonyl (C=O) groups excluding carboxylic acids is 1. The minimum Gasteiger partial charge on any atom is -0.477 e. The monoisotopic (exact) mass is 369 g/mol. The number of nitrogens with zero attached hydrogens (tertiary/aromatic N) is 3. The molecule has 0 unspecified atom stereocenters. The lowest BCUT2D eigenvalue weighted by molar-refractivity contribution is -0.390. The Hall–Kier alpha value is -3.55. The number of nitro groups is 1. The first-order valence-corrected chi connectivity index (χ1v) is 8.08. The van der Waals surface area contributed by atoms with Gasteiger partial charge in [-0.15, -0.1) is 0 Å². The number of rotatable bonds is 6. The van der Waals surface area contributed by atoms with E-state index in [1.165, 1.54) is 30.5 Å². The highest BCUT2D eigenvalue weighted by molar-refractivity contribution is 5.98. The number of ketones is 1. The van der Waals surface area contributed by atoms with Crippen LogP contribution >= 0.6 is 0 Å². The standard InChI is InChI=1S/C19H16FN3O4/c1-12-9-16(13(2)22(12)15-6-3-5-14(20)10-15)17(24)11-27-18-7-4-8-21-19(18)23(25)26/h3-10H,11H2,1-2H3. The van der Waals surface area contributed by atoms with E-state index >= 15 is 0 Å². The Balaban J connectivity index is 1.85. The summed E-state index contributed by atoms with van der Waals surface area (Å²) in [5.41, 5.74) is 2.40. The second-order valence-corrected chi connectivity index (χ2v) is 5.89. The van der Waals surface area contributed by atoms with E-state index in [0.29, 0.717) is 16.9 Å². The topological polar surface area (TPSA) is 87.3 Å². The van der Waals surface area contributed by atoms with Gasteiger partial charge < -0.3 is 19.4 Å². The Kier molecular flexibility index (Phi) is 4.98. The van der Waals surface area contributed by atoms with Gasteiger partial charge in [0.2, 0.25) is 11.5 Å². The van der Waals surface area contributed by atoms with Crippen molar-refractivity contribution in [2.24, 2.45) is 0 Å². The highest BCUT2D eigenvalue weighted by atomic mass is 19.1. The van der Waals surface area contributed by atoms with Crippen molar-refractivity contribution in [3.8, 4) is 11.4 Å². The molecule has 0 amide bonds. The summed E-state index contributed by atoms with van der Waals surface area (Å²) in [7, 11) is 0. The van der Waals surface area contributed by atoms with E-state index in [2.05, 4.69) is 4.98 Å². The Morgan fingerprint density at radius 1 is 1.26 bits per heavy atom. The summed E-state index contributed by atoms with van der Waals surface area (Å²) in [5, 5.41) is 11.0. The van der Waals surface area contributed by atoms with Gasteiger partial charge in [-0.1, -0.05) is 6.07 Å². The second kappa shape index (κ2) is 7.36. The molecular weight excluding hydrogens is 353 g/mol. The number of aromatic nitrogens is 2. The number of halogens is 1. The third-order valence-corrected chi connectivity index (χ3v) is 4.08. The molecule has 0 atom stereocenters. The molecule has 0 aliphatic carbocycles. The van der Waals surface area contributed by atoms with E-state index in [4.69, 9.17) is 4.74 Å². The summed E-state index contributed by atoms with van der Waals surface area (Å²) in [4.78, 5) is 26.5. The third kappa shape index (κ3) is 3.69. The highest BCUT2D eigenvalue weighted by Crippen LogP contribution is 2.25. The molecule has 0 bridgehead atoms. The van der Waals surface area contributed by atoms with Crippen LogP contribution in [0, 0.1) is 29.8 Å². The van der Waals surface area contributed by atoms with Gasteiger partial charge in [-0.3, -0.25) is 4.79 Å². The van der Waals surface area contributed by atoms with Gasteiger partial charge in [0.05, 0.1) is 0 Å². The fraction of sp³-hybridized carbons (Fsp3) is 0.158. The van der Waals surface area contributed by atoms with Crippen molar-refractivity contribution in [3.63, 3.8) is 0 Å². The molecule has 0 spiro atoms. The zero-order valence-corrected chi connectivity index (χ0v) is 14.7. The lowest BCUT2D eigenvalue weighted by atomic mass is 10.1. The predicted molar refractivity (Wildman–Crippen MR) is 95.9 cm³/mol. The summed E-state index contributed by atoms with van der Waals surface area (Å²) in [6, 6.07) is 10.6.